The number of benzene rings is 1. The molecule has 0 aliphatic carbocycles. The fourth-order valence-electron chi connectivity index (χ4n) is 2.03. The minimum Gasteiger partial charge on any atom is -0.478 e. The van der Waals surface area contributed by atoms with E-state index >= 15 is 0 Å². The summed E-state index contributed by atoms with van der Waals surface area (Å²) in [5.41, 5.74) is 1.02. The van der Waals surface area contributed by atoms with Crippen molar-refractivity contribution in [3.8, 4) is 12.3 Å². The molecule has 22 heavy (non-hydrogen) atoms. The number of terminal acetylenes is 1. The summed E-state index contributed by atoms with van der Waals surface area (Å²) in [4.78, 5) is 13.4. The van der Waals surface area contributed by atoms with E-state index in [9.17, 15) is 9.90 Å². The Kier molecular flexibility index (Phi) is 4.48. The van der Waals surface area contributed by atoms with Crippen molar-refractivity contribution in [2.45, 2.75) is 19.4 Å². The molecule has 0 fully saturated rings. The summed E-state index contributed by atoms with van der Waals surface area (Å²) in [6.07, 6.45) is 9.05. The zero-order chi connectivity index (χ0) is 16.3. The van der Waals surface area contributed by atoms with Crippen molar-refractivity contribution in [1.29, 1.82) is 0 Å². The first kappa shape index (κ1) is 16.0. The van der Waals surface area contributed by atoms with Gasteiger partial charge in [-0.25, -0.2) is 4.79 Å². The Morgan fingerprint density at radius 3 is 2.59 bits per heavy atom. The van der Waals surface area contributed by atoms with Crippen LogP contribution in [0, 0.1) is 12.3 Å². The number of carboxylic acids is 1. The van der Waals surface area contributed by atoms with Crippen LogP contribution in [0.25, 0.3) is 0 Å². The van der Waals surface area contributed by atoms with Crippen molar-refractivity contribution in [3.05, 3.63) is 52.8 Å². The van der Waals surface area contributed by atoms with Crippen LogP contribution in [0.15, 0.2) is 47.8 Å². The van der Waals surface area contributed by atoms with Gasteiger partial charge in [-0.15, -0.1) is 6.42 Å². The Hall–Kier alpha value is -2.38. The highest BCUT2D eigenvalue weighted by Crippen LogP contribution is 2.24. The number of allylic oxidation sites excluding steroid dienone is 1. The molecule has 0 atom stereocenters. The Balaban J connectivity index is 2.28. The van der Waals surface area contributed by atoms with Crippen molar-refractivity contribution in [1.82, 2.24) is 4.90 Å². The van der Waals surface area contributed by atoms with E-state index in [0.29, 0.717) is 10.7 Å². The molecule has 4 nitrogen and oxygen atoms in total. The minimum absolute atomic E-state index is 0.235. The van der Waals surface area contributed by atoms with Crippen molar-refractivity contribution in [3.63, 3.8) is 0 Å². The summed E-state index contributed by atoms with van der Waals surface area (Å²) in [7, 11) is 0. The smallest absolute Gasteiger partial charge is 0.335 e. The topological polar surface area (TPSA) is 52.6 Å². The third-order valence-electron chi connectivity index (χ3n) is 3.53. The maximum Gasteiger partial charge on any atom is 0.335 e. The maximum atomic E-state index is 11.5. The van der Waals surface area contributed by atoms with Gasteiger partial charge in [0.15, 0.2) is 0 Å². The molecule has 0 spiro atoms. The maximum absolute atomic E-state index is 11.5. The van der Waals surface area contributed by atoms with Crippen LogP contribution in [0.2, 0.25) is 5.02 Å². The normalized spacial score (nSPS) is 14.7. The van der Waals surface area contributed by atoms with Crippen LogP contribution in [0.4, 0.5) is 5.69 Å². The Morgan fingerprint density at radius 2 is 2.05 bits per heavy atom. The highest BCUT2D eigenvalue weighted by molar-refractivity contribution is 6.30. The van der Waals surface area contributed by atoms with Gasteiger partial charge in [-0.2, -0.15) is 0 Å². The lowest BCUT2D eigenvalue weighted by Crippen LogP contribution is -2.42. The van der Waals surface area contributed by atoms with Gasteiger partial charge in [0, 0.05) is 16.9 Å². The Labute approximate surface area is 135 Å². The van der Waals surface area contributed by atoms with E-state index in [4.69, 9.17) is 18.0 Å². The van der Waals surface area contributed by atoms with E-state index < -0.39 is 11.5 Å². The van der Waals surface area contributed by atoms with Crippen LogP contribution in [-0.4, -0.2) is 28.1 Å². The fraction of sp³-hybridized carbons (Fsp3) is 0.235. The molecular formula is C17H17ClN2O2. The van der Waals surface area contributed by atoms with Gasteiger partial charge >= 0.3 is 5.97 Å². The Morgan fingerprint density at radius 1 is 1.41 bits per heavy atom. The van der Waals surface area contributed by atoms with Crippen LogP contribution < -0.4 is 5.32 Å². The van der Waals surface area contributed by atoms with E-state index in [0.717, 1.165) is 5.69 Å². The number of carboxylic acid groups (broad SMARTS) is 1. The molecule has 0 saturated carbocycles. The second-order valence-corrected chi connectivity index (χ2v) is 5.91. The van der Waals surface area contributed by atoms with Crippen LogP contribution in [0.5, 0.6) is 0 Å². The molecule has 1 aromatic rings. The molecule has 2 N–H and O–H groups in total. The molecule has 0 saturated heterocycles. The molecule has 114 valence electrons. The van der Waals surface area contributed by atoms with Crippen LogP contribution >= 0.6 is 11.6 Å². The predicted molar refractivity (Wildman–Crippen MR) is 88.5 cm³/mol. The molecule has 2 rings (SSSR count). The number of carbonyl (C=O) groups is 1. The number of aliphatic carboxylic acids is 1. The molecule has 5 heteroatoms. The first-order valence-corrected chi connectivity index (χ1v) is 7.13. The van der Waals surface area contributed by atoms with Gasteiger partial charge in [-0.3, -0.25) is 0 Å². The summed E-state index contributed by atoms with van der Waals surface area (Å²) < 4.78 is 0. The van der Waals surface area contributed by atoms with Gasteiger partial charge < -0.3 is 15.3 Å². The third-order valence-corrected chi connectivity index (χ3v) is 3.78. The molecule has 1 aliphatic rings. The summed E-state index contributed by atoms with van der Waals surface area (Å²) in [5.74, 6) is 1.69. The molecule has 0 aromatic heterocycles. The van der Waals surface area contributed by atoms with Crippen molar-refractivity contribution in [2.24, 2.45) is 0 Å². The zero-order valence-electron chi connectivity index (χ0n) is 12.4. The lowest BCUT2D eigenvalue weighted by Gasteiger charge is -2.36. The van der Waals surface area contributed by atoms with E-state index in [1.807, 2.05) is 24.9 Å². The number of halogens is 1. The van der Waals surface area contributed by atoms with Gasteiger partial charge in [0.05, 0.1) is 23.4 Å². The quantitative estimate of drug-likeness (QED) is 0.837. The average molecular weight is 317 g/mol. The number of rotatable bonds is 4. The van der Waals surface area contributed by atoms with Crippen molar-refractivity contribution < 1.29 is 9.90 Å². The van der Waals surface area contributed by atoms with Crippen LogP contribution in [0.3, 0.4) is 0 Å². The monoisotopic (exact) mass is 316 g/mol. The van der Waals surface area contributed by atoms with E-state index in [1.54, 1.807) is 30.3 Å². The molecule has 0 amide bonds. The average Bonchev–Trinajstić information content (AvgIpc) is 2.49. The van der Waals surface area contributed by atoms with E-state index in [2.05, 4.69) is 11.2 Å². The summed E-state index contributed by atoms with van der Waals surface area (Å²) in [6.45, 7) is 3.97. The van der Waals surface area contributed by atoms with Gasteiger partial charge in [-0.1, -0.05) is 17.5 Å². The van der Waals surface area contributed by atoms with E-state index in [1.165, 1.54) is 0 Å². The second-order valence-electron chi connectivity index (χ2n) is 5.48. The molecule has 0 unspecified atom stereocenters. The molecule has 1 heterocycles. The van der Waals surface area contributed by atoms with Gasteiger partial charge in [0.25, 0.3) is 0 Å². The van der Waals surface area contributed by atoms with Gasteiger partial charge in [-0.05, 0) is 44.2 Å². The largest absolute Gasteiger partial charge is 0.478 e. The lowest BCUT2D eigenvalue weighted by molar-refractivity contribution is -0.133. The number of hydrogen-bond donors (Lipinski definition) is 2. The first-order chi connectivity index (χ1) is 10.3. The second kappa shape index (κ2) is 6.17. The number of nitrogens with zero attached hydrogens (tertiary/aromatic N) is 1. The van der Waals surface area contributed by atoms with Crippen LogP contribution in [0.1, 0.15) is 13.8 Å². The predicted octanol–water partition coefficient (Wildman–Crippen LogP) is 3.33. The molecule has 1 aliphatic heterocycles. The van der Waals surface area contributed by atoms with E-state index in [-0.39, 0.29) is 12.1 Å². The lowest BCUT2D eigenvalue weighted by atomic mass is 10.0. The highest BCUT2D eigenvalue weighted by Gasteiger charge is 2.28. The number of anilines is 1. The summed E-state index contributed by atoms with van der Waals surface area (Å²) in [6, 6.07) is 7.07. The summed E-state index contributed by atoms with van der Waals surface area (Å²) >= 11 is 5.85. The standard InChI is InChI=1S/C17H17ClN2O2/c1-4-17(2,3)20-10-9-15(14(11-20)16(21)22)19-13-7-5-12(18)6-8-13/h1,5-10,19H,11H2,2-3H3,(H,21,22). The SMILES string of the molecule is C#CC(C)(C)N1C=CC(Nc2ccc(Cl)cc2)=C(C(=O)O)C1. The van der Waals surface area contributed by atoms with Crippen molar-refractivity contribution >= 4 is 23.3 Å². The fourth-order valence-corrected chi connectivity index (χ4v) is 2.15. The molecule has 0 radical (unpaired) electrons. The molecular weight excluding hydrogens is 300 g/mol. The molecule has 1 aromatic carbocycles. The first-order valence-electron chi connectivity index (χ1n) is 6.75. The molecule has 0 bridgehead atoms. The Bertz CT molecular complexity index is 682. The third kappa shape index (κ3) is 3.44. The van der Waals surface area contributed by atoms with Gasteiger partial charge in [0.2, 0.25) is 0 Å². The minimum atomic E-state index is -0.973. The summed E-state index contributed by atoms with van der Waals surface area (Å²) in [5, 5.41) is 13.2. The van der Waals surface area contributed by atoms with Crippen LogP contribution in [-0.2, 0) is 4.79 Å². The number of hydrogen-bond acceptors (Lipinski definition) is 3. The number of nitrogens with one attached hydrogen (secondary N) is 1. The van der Waals surface area contributed by atoms with Crippen molar-refractivity contribution in [2.75, 3.05) is 11.9 Å². The zero-order valence-corrected chi connectivity index (χ0v) is 13.2. The highest BCUT2D eigenvalue weighted by atomic mass is 35.5. The van der Waals surface area contributed by atoms with Gasteiger partial charge in [0.1, 0.15) is 0 Å².